The van der Waals surface area contributed by atoms with Gasteiger partial charge in [-0.1, -0.05) is 25.1 Å². The van der Waals surface area contributed by atoms with E-state index < -0.39 is 17.5 Å². The molecule has 0 aliphatic carbocycles. The van der Waals surface area contributed by atoms with E-state index in [0.717, 1.165) is 12.0 Å². The first-order chi connectivity index (χ1) is 13.2. The van der Waals surface area contributed by atoms with Crippen LogP contribution in [0.4, 0.5) is 11.4 Å². The highest BCUT2D eigenvalue weighted by atomic mass is 16.5. The number of nitrogens with zero attached hydrogens (tertiary/aromatic N) is 1. The molecule has 2 aromatic rings. The van der Waals surface area contributed by atoms with Crippen molar-refractivity contribution in [3.05, 3.63) is 53.6 Å². The van der Waals surface area contributed by atoms with Gasteiger partial charge in [-0.25, -0.2) is 4.79 Å². The van der Waals surface area contributed by atoms with Crippen molar-refractivity contribution in [2.45, 2.75) is 32.8 Å². The van der Waals surface area contributed by atoms with E-state index in [-0.39, 0.29) is 23.7 Å². The first-order valence-electron chi connectivity index (χ1n) is 8.99. The molecular weight excluding hydrogens is 360 g/mol. The van der Waals surface area contributed by atoms with Gasteiger partial charge in [-0.15, -0.1) is 0 Å². The SMILES string of the molecule is CCc1ccccc1NC(=O)CN1C(=O)C(C)(C)Oc2ccc(C(=O)O)cc21. The number of ether oxygens (including phenoxy) is 1. The Bertz CT molecular complexity index is 952. The minimum absolute atomic E-state index is 0.0107. The standard InChI is InChI=1S/C21H22N2O5/c1-4-13-7-5-6-8-15(13)22-18(24)12-23-16-11-14(19(25)26)9-10-17(16)28-21(2,3)20(23)27/h5-11H,4,12H2,1-3H3,(H,22,24)(H,25,26). The van der Waals surface area contributed by atoms with Crippen LogP contribution in [0.1, 0.15) is 36.7 Å². The molecule has 0 spiro atoms. The van der Waals surface area contributed by atoms with E-state index in [1.54, 1.807) is 19.9 Å². The molecule has 7 nitrogen and oxygen atoms in total. The minimum Gasteiger partial charge on any atom is -0.478 e. The van der Waals surface area contributed by atoms with Gasteiger partial charge in [0, 0.05) is 5.69 Å². The molecule has 0 saturated carbocycles. The molecule has 7 heteroatoms. The zero-order chi connectivity index (χ0) is 20.5. The maximum absolute atomic E-state index is 12.9. The summed E-state index contributed by atoms with van der Waals surface area (Å²) in [6.07, 6.45) is 0.755. The Kier molecular flexibility index (Phi) is 5.09. The number of benzene rings is 2. The summed E-state index contributed by atoms with van der Waals surface area (Å²) in [5.74, 6) is -1.56. The maximum Gasteiger partial charge on any atom is 0.335 e. The highest BCUT2D eigenvalue weighted by Gasteiger charge is 2.41. The first kappa shape index (κ1) is 19.4. The number of carbonyl (C=O) groups is 3. The van der Waals surface area contributed by atoms with E-state index in [1.165, 1.54) is 23.1 Å². The van der Waals surface area contributed by atoms with Gasteiger partial charge < -0.3 is 15.2 Å². The molecule has 146 valence electrons. The van der Waals surface area contributed by atoms with Crippen LogP contribution in [0.3, 0.4) is 0 Å². The van der Waals surface area contributed by atoms with Crippen LogP contribution in [0.2, 0.25) is 0 Å². The van der Waals surface area contributed by atoms with Gasteiger partial charge in [0.1, 0.15) is 12.3 Å². The molecule has 2 amide bonds. The predicted molar refractivity (Wildman–Crippen MR) is 105 cm³/mol. The van der Waals surface area contributed by atoms with Crippen molar-refractivity contribution in [2.75, 3.05) is 16.8 Å². The lowest BCUT2D eigenvalue weighted by Gasteiger charge is -2.38. The van der Waals surface area contributed by atoms with Crippen molar-refractivity contribution in [3.63, 3.8) is 0 Å². The topological polar surface area (TPSA) is 95.9 Å². The fourth-order valence-corrected chi connectivity index (χ4v) is 3.14. The van der Waals surface area contributed by atoms with Crippen molar-refractivity contribution in [1.82, 2.24) is 0 Å². The number of carboxylic acids is 1. The maximum atomic E-state index is 12.9. The van der Waals surface area contributed by atoms with Crippen LogP contribution < -0.4 is 15.0 Å². The molecule has 0 radical (unpaired) electrons. The van der Waals surface area contributed by atoms with Crippen molar-refractivity contribution in [3.8, 4) is 5.75 Å². The average Bonchev–Trinajstić information content (AvgIpc) is 2.65. The molecule has 1 aliphatic rings. The fourth-order valence-electron chi connectivity index (χ4n) is 3.14. The number of anilines is 2. The third-order valence-electron chi connectivity index (χ3n) is 4.60. The van der Waals surface area contributed by atoms with Crippen LogP contribution in [-0.2, 0) is 16.0 Å². The highest BCUT2D eigenvalue weighted by Crippen LogP contribution is 2.38. The Morgan fingerprint density at radius 1 is 1.18 bits per heavy atom. The fraction of sp³-hybridized carbons (Fsp3) is 0.286. The summed E-state index contributed by atoms with van der Waals surface area (Å²) in [5, 5.41) is 12.1. The van der Waals surface area contributed by atoms with Gasteiger partial charge in [0.25, 0.3) is 5.91 Å². The van der Waals surface area contributed by atoms with E-state index in [0.29, 0.717) is 11.4 Å². The molecule has 28 heavy (non-hydrogen) atoms. The lowest BCUT2D eigenvalue weighted by molar-refractivity contribution is -0.133. The van der Waals surface area contributed by atoms with Crippen LogP contribution in [0.15, 0.2) is 42.5 Å². The zero-order valence-electron chi connectivity index (χ0n) is 16.0. The summed E-state index contributed by atoms with van der Waals surface area (Å²) < 4.78 is 5.72. The van der Waals surface area contributed by atoms with Crippen molar-refractivity contribution < 1.29 is 24.2 Å². The Balaban J connectivity index is 1.91. The van der Waals surface area contributed by atoms with Crippen LogP contribution in [0.5, 0.6) is 5.75 Å². The van der Waals surface area contributed by atoms with E-state index >= 15 is 0 Å². The van der Waals surface area contributed by atoms with Gasteiger partial charge >= 0.3 is 5.97 Å². The highest BCUT2D eigenvalue weighted by molar-refractivity contribution is 6.08. The number of fused-ring (bicyclic) bond motifs is 1. The normalized spacial score (nSPS) is 14.8. The molecule has 2 aromatic carbocycles. The Morgan fingerprint density at radius 2 is 1.89 bits per heavy atom. The van der Waals surface area contributed by atoms with Crippen molar-refractivity contribution in [2.24, 2.45) is 0 Å². The molecule has 0 aromatic heterocycles. The molecular formula is C21H22N2O5. The van der Waals surface area contributed by atoms with Gasteiger partial charge in [0.2, 0.25) is 5.91 Å². The van der Waals surface area contributed by atoms with E-state index in [1.807, 2.05) is 25.1 Å². The van der Waals surface area contributed by atoms with Crippen LogP contribution in [0.25, 0.3) is 0 Å². The molecule has 0 unspecified atom stereocenters. The summed E-state index contributed by atoms with van der Waals surface area (Å²) in [5.41, 5.74) is 0.784. The monoisotopic (exact) mass is 382 g/mol. The quantitative estimate of drug-likeness (QED) is 0.828. The van der Waals surface area contributed by atoms with Crippen molar-refractivity contribution in [1.29, 1.82) is 0 Å². The van der Waals surface area contributed by atoms with Gasteiger partial charge in [0.15, 0.2) is 5.60 Å². The summed E-state index contributed by atoms with van der Waals surface area (Å²) >= 11 is 0. The lowest BCUT2D eigenvalue weighted by atomic mass is 10.0. The van der Waals surface area contributed by atoms with Crippen molar-refractivity contribution >= 4 is 29.2 Å². The number of hydrogen-bond acceptors (Lipinski definition) is 4. The molecule has 0 bridgehead atoms. The summed E-state index contributed by atoms with van der Waals surface area (Å²) in [7, 11) is 0. The van der Waals surface area contributed by atoms with Crippen LogP contribution in [-0.4, -0.2) is 35.0 Å². The summed E-state index contributed by atoms with van der Waals surface area (Å²) in [6, 6.07) is 11.7. The largest absolute Gasteiger partial charge is 0.478 e. The molecule has 0 fully saturated rings. The summed E-state index contributed by atoms with van der Waals surface area (Å²) in [4.78, 5) is 38.1. The number of rotatable bonds is 5. The number of hydrogen-bond donors (Lipinski definition) is 2. The number of aromatic carboxylic acids is 1. The van der Waals surface area contributed by atoms with Crippen LogP contribution >= 0.6 is 0 Å². The van der Waals surface area contributed by atoms with E-state index in [9.17, 15) is 19.5 Å². The Labute approximate surface area is 162 Å². The number of nitrogens with one attached hydrogen (secondary N) is 1. The molecule has 0 atom stereocenters. The van der Waals surface area contributed by atoms with E-state index in [4.69, 9.17) is 4.74 Å². The van der Waals surface area contributed by atoms with Crippen LogP contribution in [0, 0.1) is 0 Å². The number of carbonyl (C=O) groups excluding carboxylic acids is 2. The predicted octanol–water partition coefficient (Wildman–Crippen LogP) is 3.09. The third-order valence-corrected chi connectivity index (χ3v) is 4.60. The Hall–Kier alpha value is -3.35. The molecule has 2 N–H and O–H groups in total. The Morgan fingerprint density at radius 3 is 2.57 bits per heavy atom. The molecule has 3 rings (SSSR count). The van der Waals surface area contributed by atoms with Gasteiger partial charge in [-0.3, -0.25) is 14.5 Å². The second-order valence-electron chi connectivity index (χ2n) is 7.05. The number of para-hydroxylation sites is 1. The smallest absolute Gasteiger partial charge is 0.335 e. The lowest BCUT2D eigenvalue weighted by Crippen LogP contribution is -2.54. The van der Waals surface area contributed by atoms with Gasteiger partial charge in [-0.05, 0) is 50.1 Å². The number of carboxylic acid groups (broad SMARTS) is 1. The second kappa shape index (κ2) is 7.34. The van der Waals surface area contributed by atoms with E-state index in [2.05, 4.69) is 5.32 Å². The average molecular weight is 382 g/mol. The zero-order valence-corrected chi connectivity index (χ0v) is 16.0. The third kappa shape index (κ3) is 3.69. The van der Waals surface area contributed by atoms with Gasteiger partial charge in [-0.2, -0.15) is 0 Å². The number of amides is 2. The first-order valence-corrected chi connectivity index (χ1v) is 8.99. The summed E-state index contributed by atoms with van der Waals surface area (Å²) in [6.45, 7) is 4.96. The number of aryl methyl sites for hydroxylation is 1. The second-order valence-corrected chi connectivity index (χ2v) is 7.05. The van der Waals surface area contributed by atoms with Gasteiger partial charge in [0.05, 0.1) is 11.3 Å². The minimum atomic E-state index is -1.17. The molecule has 1 heterocycles. The molecule has 1 aliphatic heterocycles. The molecule has 0 saturated heterocycles.